The van der Waals surface area contributed by atoms with Crippen LogP contribution in [-0.4, -0.2) is 18.0 Å². The number of carbonyl (C=O) groups excluding carboxylic acids is 1. The van der Waals surface area contributed by atoms with Gasteiger partial charge in [-0.1, -0.05) is 0 Å². The number of urea groups is 1. The predicted octanol–water partition coefficient (Wildman–Crippen LogP) is 0.737. The molecule has 0 saturated heterocycles. The van der Waals surface area contributed by atoms with Crippen molar-refractivity contribution in [2.24, 2.45) is 5.84 Å². The van der Waals surface area contributed by atoms with E-state index in [1.54, 1.807) is 0 Å². The van der Waals surface area contributed by atoms with E-state index in [4.69, 9.17) is 5.84 Å². The molecule has 0 heterocycles. The molecule has 0 aromatic heterocycles. The molecule has 6 heteroatoms. The minimum absolute atomic E-state index is 0.164. The first-order valence-electron chi connectivity index (χ1n) is 4.18. The lowest BCUT2D eigenvalue weighted by molar-refractivity contribution is -0.0395. The Morgan fingerprint density at radius 2 is 1.92 bits per heavy atom. The Balaban J connectivity index is 2.29. The first kappa shape index (κ1) is 10.2. The maximum atomic E-state index is 12.6. The summed E-state index contributed by atoms with van der Waals surface area (Å²) in [5.41, 5.74) is 1.90. The number of alkyl halides is 2. The Bertz CT molecular complexity index is 188. The number of hydrazine groups is 1. The second-order valence-electron chi connectivity index (χ2n) is 3.25. The van der Waals surface area contributed by atoms with Crippen molar-refractivity contribution in [1.82, 2.24) is 10.7 Å². The van der Waals surface area contributed by atoms with Gasteiger partial charge in [0.25, 0.3) is 0 Å². The molecule has 1 aliphatic carbocycles. The van der Waals surface area contributed by atoms with E-state index >= 15 is 0 Å². The van der Waals surface area contributed by atoms with Crippen LogP contribution in [0.3, 0.4) is 0 Å². The van der Waals surface area contributed by atoms with Crippen LogP contribution in [0.4, 0.5) is 13.6 Å². The number of carbonyl (C=O) groups is 1. The highest BCUT2D eigenvalue weighted by Crippen LogP contribution is 2.32. The van der Waals surface area contributed by atoms with E-state index in [2.05, 4.69) is 5.32 Å². The van der Waals surface area contributed by atoms with Crippen molar-refractivity contribution < 1.29 is 13.6 Å². The van der Waals surface area contributed by atoms with Crippen molar-refractivity contribution in [3.63, 3.8) is 0 Å². The van der Waals surface area contributed by atoms with Crippen LogP contribution < -0.4 is 16.6 Å². The van der Waals surface area contributed by atoms with Crippen molar-refractivity contribution in [2.45, 2.75) is 37.6 Å². The van der Waals surface area contributed by atoms with Crippen molar-refractivity contribution in [2.75, 3.05) is 0 Å². The summed E-state index contributed by atoms with van der Waals surface area (Å²) in [5, 5.41) is 2.50. The van der Waals surface area contributed by atoms with Gasteiger partial charge in [-0.25, -0.2) is 19.4 Å². The summed E-state index contributed by atoms with van der Waals surface area (Å²) in [6.45, 7) is 0. The molecule has 1 rings (SSSR count). The SMILES string of the molecule is NNC(=O)NC1CCC(F)(F)CC1. The highest BCUT2D eigenvalue weighted by molar-refractivity contribution is 5.73. The van der Waals surface area contributed by atoms with Crippen LogP contribution in [0.2, 0.25) is 0 Å². The predicted molar refractivity (Wildman–Crippen MR) is 43.1 cm³/mol. The highest BCUT2D eigenvalue weighted by atomic mass is 19.3. The number of rotatable bonds is 1. The fraction of sp³-hybridized carbons (Fsp3) is 0.857. The molecule has 0 aromatic rings. The molecule has 1 saturated carbocycles. The van der Waals surface area contributed by atoms with E-state index in [0.717, 1.165) is 0 Å². The maximum absolute atomic E-state index is 12.6. The molecule has 1 fully saturated rings. The Morgan fingerprint density at radius 1 is 1.38 bits per heavy atom. The molecule has 0 aliphatic heterocycles. The van der Waals surface area contributed by atoms with Gasteiger partial charge in [0.05, 0.1) is 0 Å². The molecule has 4 nitrogen and oxygen atoms in total. The summed E-state index contributed by atoms with van der Waals surface area (Å²) in [4.78, 5) is 10.7. The number of nitrogens with one attached hydrogen (secondary N) is 2. The Labute approximate surface area is 74.8 Å². The summed E-state index contributed by atoms with van der Waals surface area (Å²) >= 11 is 0. The van der Waals surface area contributed by atoms with Gasteiger partial charge in [-0.2, -0.15) is 0 Å². The number of hydrogen-bond donors (Lipinski definition) is 3. The summed E-state index contributed by atoms with van der Waals surface area (Å²) < 4.78 is 25.3. The van der Waals surface area contributed by atoms with Crippen molar-refractivity contribution >= 4 is 6.03 Å². The van der Waals surface area contributed by atoms with Gasteiger partial charge in [0, 0.05) is 18.9 Å². The maximum Gasteiger partial charge on any atom is 0.329 e. The van der Waals surface area contributed by atoms with Gasteiger partial charge in [0.1, 0.15) is 0 Å². The van der Waals surface area contributed by atoms with Gasteiger partial charge in [-0.15, -0.1) is 0 Å². The summed E-state index contributed by atoms with van der Waals surface area (Å²) in [5.74, 6) is 2.27. The lowest BCUT2D eigenvalue weighted by Gasteiger charge is -2.28. The Kier molecular flexibility index (Phi) is 3.02. The number of nitrogens with two attached hydrogens (primary N) is 1. The molecule has 13 heavy (non-hydrogen) atoms. The van der Waals surface area contributed by atoms with Crippen LogP contribution in [0.1, 0.15) is 25.7 Å². The van der Waals surface area contributed by atoms with Gasteiger partial charge in [-0.3, -0.25) is 5.43 Å². The molecule has 0 spiro atoms. The van der Waals surface area contributed by atoms with Crippen LogP contribution in [0, 0.1) is 0 Å². The van der Waals surface area contributed by atoms with E-state index in [9.17, 15) is 13.6 Å². The van der Waals surface area contributed by atoms with Gasteiger partial charge in [-0.05, 0) is 12.8 Å². The number of halogens is 2. The molecule has 0 atom stereocenters. The zero-order chi connectivity index (χ0) is 9.90. The zero-order valence-electron chi connectivity index (χ0n) is 7.15. The second kappa shape index (κ2) is 3.87. The summed E-state index contributed by atoms with van der Waals surface area (Å²) in [6, 6.07) is -0.696. The molecular weight excluding hydrogens is 180 g/mol. The normalized spacial score (nSPS) is 22.4. The highest BCUT2D eigenvalue weighted by Gasteiger charge is 2.35. The van der Waals surface area contributed by atoms with Crippen LogP contribution >= 0.6 is 0 Å². The Hall–Kier alpha value is -0.910. The topological polar surface area (TPSA) is 67.1 Å². The molecule has 0 aromatic carbocycles. The molecular formula is C7H13F2N3O. The smallest absolute Gasteiger partial charge is 0.329 e. The lowest BCUT2D eigenvalue weighted by Crippen LogP contribution is -2.47. The minimum atomic E-state index is -2.56. The minimum Gasteiger partial charge on any atom is -0.334 e. The van der Waals surface area contributed by atoms with Gasteiger partial charge in [0.15, 0.2) is 0 Å². The molecule has 0 bridgehead atoms. The summed E-state index contributed by atoms with van der Waals surface area (Å²) in [7, 11) is 0. The third-order valence-corrected chi connectivity index (χ3v) is 2.18. The van der Waals surface area contributed by atoms with Crippen molar-refractivity contribution in [1.29, 1.82) is 0 Å². The number of amides is 2. The number of hydrogen-bond acceptors (Lipinski definition) is 2. The molecule has 0 radical (unpaired) electrons. The van der Waals surface area contributed by atoms with Gasteiger partial charge < -0.3 is 5.32 Å². The Morgan fingerprint density at radius 3 is 2.38 bits per heavy atom. The van der Waals surface area contributed by atoms with Crippen LogP contribution in [0.25, 0.3) is 0 Å². The average molecular weight is 193 g/mol. The van der Waals surface area contributed by atoms with Crippen molar-refractivity contribution in [3.05, 3.63) is 0 Å². The van der Waals surface area contributed by atoms with Crippen LogP contribution in [0.5, 0.6) is 0 Å². The molecule has 0 unspecified atom stereocenters. The van der Waals surface area contributed by atoms with E-state index in [0.29, 0.717) is 12.8 Å². The second-order valence-corrected chi connectivity index (χ2v) is 3.25. The zero-order valence-corrected chi connectivity index (χ0v) is 7.15. The van der Waals surface area contributed by atoms with E-state index in [1.807, 2.05) is 5.43 Å². The van der Waals surface area contributed by atoms with Gasteiger partial charge >= 0.3 is 6.03 Å². The molecule has 4 N–H and O–H groups in total. The fourth-order valence-corrected chi connectivity index (χ4v) is 1.41. The first-order valence-corrected chi connectivity index (χ1v) is 4.18. The van der Waals surface area contributed by atoms with E-state index in [1.165, 1.54) is 0 Å². The van der Waals surface area contributed by atoms with Crippen molar-refractivity contribution in [3.8, 4) is 0 Å². The fourth-order valence-electron chi connectivity index (χ4n) is 1.41. The van der Waals surface area contributed by atoms with E-state index in [-0.39, 0.29) is 18.9 Å². The lowest BCUT2D eigenvalue weighted by atomic mass is 9.92. The molecule has 1 aliphatic rings. The van der Waals surface area contributed by atoms with Crippen LogP contribution in [0.15, 0.2) is 0 Å². The summed E-state index contributed by atoms with van der Waals surface area (Å²) in [6.07, 6.45) is 0.284. The third-order valence-electron chi connectivity index (χ3n) is 2.18. The average Bonchev–Trinajstić information content (AvgIpc) is 2.08. The quantitative estimate of drug-likeness (QED) is 0.326. The monoisotopic (exact) mass is 193 g/mol. The largest absolute Gasteiger partial charge is 0.334 e. The first-order chi connectivity index (χ1) is 6.03. The van der Waals surface area contributed by atoms with Crippen LogP contribution in [-0.2, 0) is 0 Å². The molecule has 2 amide bonds. The standard InChI is InChI=1S/C7H13F2N3O/c8-7(9)3-1-5(2-4-7)11-6(13)12-10/h5H,1-4,10H2,(H2,11,12,13). The van der Waals surface area contributed by atoms with Gasteiger partial charge in [0.2, 0.25) is 5.92 Å². The molecule has 76 valence electrons. The third kappa shape index (κ3) is 3.14. The van der Waals surface area contributed by atoms with E-state index < -0.39 is 12.0 Å².